The van der Waals surface area contributed by atoms with Crippen molar-refractivity contribution in [2.24, 2.45) is 0 Å². The lowest BCUT2D eigenvalue weighted by molar-refractivity contribution is 0.102. The summed E-state index contributed by atoms with van der Waals surface area (Å²) >= 11 is 1.32. The smallest absolute Gasteiger partial charge is 0.257 e. The van der Waals surface area contributed by atoms with Crippen LogP contribution in [0.3, 0.4) is 0 Å². The van der Waals surface area contributed by atoms with E-state index < -0.39 is 0 Å². The first-order valence-corrected chi connectivity index (χ1v) is 7.36. The molecule has 0 unspecified atom stereocenters. The summed E-state index contributed by atoms with van der Waals surface area (Å²) in [5.74, 6) is 5.55. The van der Waals surface area contributed by atoms with E-state index >= 15 is 0 Å². The van der Waals surface area contributed by atoms with Gasteiger partial charge >= 0.3 is 0 Å². The molecule has 2 rings (SSSR count). The quantitative estimate of drug-likeness (QED) is 0.857. The lowest BCUT2D eigenvalue weighted by Gasteiger charge is -2.05. The number of anilines is 1. The zero-order valence-electron chi connectivity index (χ0n) is 11.9. The molecule has 0 saturated heterocycles. The molecule has 1 aromatic carbocycles. The Bertz CT molecular complexity index is 711. The number of aryl methyl sites for hydroxylation is 2. The maximum absolute atomic E-state index is 12.2. The predicted molar refractivity (Wildman–Crippen MR) is 84.6 cm³/mol. The van der Waals surface area contributed by atoms with Crippen LogP contribution in [0.4, 0.5) is 5.13 Å². The number of benzene rings is 1. The highest BCUT2D eigenvalue weighted by Gasteiger charge is 2.11. The summed E-state index contributed by atoms with van der Waals surface area (Å²) in [7, 11) is 0. The van der Waals surface area contributed by atoms with Crippen molar-refractivity contribution < 1.29 is 9.90 Å². The number of hydrogen-bond acceptors (Lipinski definition) is 4. The molecule has 2 aromatic rings. The Morgan fingerprint density at radius 2 is 2.24 bits per heavy atom. The Labute approximate surface area is 127 Å². The van der Waals surface area contributed by atoms with Crippen LogP contribution < -0.4 is 5.32 Å². The molecule has 1 amide bonds. The van der Waals surface area contributed by atoms with Crippen molar-refractivity contribution >= 4 is 22.4 Å². The Balaban J connectivity index is 2.08. The van der Waals surface area contributed by atoms with Crippen LogP contribution in [0.2, 0.25) is 0 Å². The third-order valence-electron chi connectivity index (χ3n) is 2.80. The molecular formula is C16H16N2O2S. The van der Waals surface area contributed by atoms with E-state index in [4.69, 9.17) is 5.11 Å². The molecule has 2 N–H and O–H groups in total. The van der Waals surface area contributed by atoms with Crippen LogP contribution in [0, 0.1) is 25.7 Å². The summed E-state index contributed by atoms with van der Waals surface area (Å²) < 4.78 is 0. The average Bonchev–Trinajstić information content (AvgIpc) is 2.86. The van der Waals surface area contributed by atoms with Crippen LogP contribution in [0.15, 0.2) is 24.4 Å². The van der Waals surface area contributed by atoms with Gasteiger partial charge in [0.25, 0.3) is 5.91 Å². The standard InChI is InChI=1S/C16H16N2O2S/c1-11-6-7-14(12(2)9-11)15(20)18-16-17-10-13(21-16)5-3-4-8-19/h6-7,9-10,19H,4,8H2,1-2H3,(H,17,18,20). The van der Waals surface area contributed by atoms with Gasteiger partial charge in [-0.05, 0) is 25.5 Å². The number of rotatable bonds is 3. The number of amides is 1. The minimum absolute atomic E-state index is 0.0437. The molecule has 1 heterocycles. The van der Waals surface area contributed by atoms with E-state index in [2.05, 4.69) is 22.1 Å². The highest BCUT2D eigenvalue weighted by molar-refractivity contribution is 7.16. The van der Waals surface area contributed by atoms with Crippen molar-refractivity contribution in [3.05, 3.63) is 46.0 Å². The summed E-state index contributed by atoms with van der Waals surface area (Å²) in [4.78, 5) is 17.1. The third kappa shape index (κ3) is 4.15. The molecule has 0 atom stereocenters. The molecule has 4 nitrogen and oxygen atoms in total. The molecular weight excluding hydrogens is 284 g/mol. The molecule has 0 fully saturated rings. The molecule has 1 aromatic heterocycles. The van der Waals surface area contributed by atoms with Gasteiger partial charge in [0.15, 0.2) is 5.13 Å². The summed E-state index contributed by atoms with van der Waals surface area (Å²) in [6.07, 6.45) is 2.05. The molecule has 0 bridgehead atoms. The summed E-state index contributed by atoms with van der Waals surface area (Å²) in [6.45, 7) is 3.95. The monoisotopic (exact) mass is 300 g/mol. The van der Waals surface area contributed by atoms with Crippen LogP contribution in [0.1, 0.15) is 32.8 Å². The van der Waals surface area contributed by atoms with Crippen molar-refractivity contribution in [3.8, 4) is 11.8 Å². The van der Waals surface area contributed by atoms with Gasteiger partial charge in [0.2, 0.25) is 0 Å². The topological polar surface area (TPSA) is 62.2 Å². The Morgan fingerprint density at radius 3 is 2.95 bits per heavy atom. The van der Waals surface area contributed by atoms with Crippen LogP contribution in [-0.4, -0.2) is 22.6 Å². The zero-order chi connectivity index (χ0) is 15.2. The van der Waals surface area contributed by atoms with Crippen LogP contribution in [-0.2, 0) is 0 Å². The van der Waals surface area contributed by atoms with Gasteiger partial charge in [0.1, 0.15) is 0 Å². The molecule has 0 aliphatic heterocycles. The third-order valence-corrected chi connectivity index (χ3v) is 3.63. The molecule has 108 valence electrons. The number of nitrogens with one attached hydrogen (secondary N) is 1. The number of carbonyl (C=O) groups excluding carboxylic acids is 1. The van der Waals surface area contributed by atoms with Gasteiger partial charge in [0, 0.05) is 12.0 Å². The largest absolute Gasteiger partial charge is 0.395 e. The second-order valence-corrected chi connectivity index (χ2v) is 5.61. The summed E-state index contributed by atoms with van der Waals surface area (Å²) in [6, 6.07) is 5.70. The minimum atomic E-state index is -0.170. The van der Waals surface area contributed by atoms with Crippen LogP contribution in [0.25, 0.3) is 0 Å². The number of aliphatic hydroxyl groups is 1. The molecule has 5 heteroatoms. The number of aliphatic hydroxyl groups excluding tert-OH is 1. The van der Waals surface area contributed by atoms with E-state index in [1.807, 2.05) is 32.0 Å². The Morgan fingerprint density at radius 1 is 1.43 bits per heavy atom. The van der Waals surface area contributed by atoms with Crippen LogP contribution in [0.5, 0.6) is 0 Å². The molecule has 0 saturated carbocycles. The minimum Gasteiger partial charge on any atom is -0.395 e. The Hall–Kier alpha value is -2.16. The fourth-order valence-corrected chi connectivity index (χ4v) is 2.51. The number of aromatic nitrogens is 1. The lowest BCUT2D eigenvalue weighted by Crippen LogP contribution is -2.13. The number of hydrogen-bond donors (Lipinski definition) is 2. The van der Waals surface area contributed by atoms with E-state index in [1.165, 1.54) is 11.3 Å². The van der Waals surface area contributed by atoms with Crippen molar-refractivity contribution in [1.29, 1.82) is 0 Å². The molecule has 21 heavy (non-hydrogen) atoms. The highest BCUT2D eigenvalue weighted by Crippen LogP contribution is 2.19. The fourth-order valence-electron chi connectivity index (χ4n) is 1.83. The molecule has 0 spiro atoms. The van der Waals surface area contributed by atoms with E-state index in [-0.39, 0.29) is 12.5 Å². The fraction of sp³-hybridized carbons (Fsp3) is 0.250. The van der Waals surface area contributed by atoms with Gasteiger partial charge in [0.05, 0.1) is 17.7 Å². The molecule has 0 radical (unpaired) electrons. The number of nitrogens with zero attached hydrogens (tertiary/aromatic N) is 1. The number of thiazole rings is 1. The second-order valence-electron chi connectivity index (χ2n) is 4.58. The molecule has 0 aliphatic rings. The zero-order valence-corrected chi connectivity index (χ0v) is 12.8. The van der Waals surface area contributed by atoms with Crippen molar-refractivity contribution in [1.82, 2.24) is 4.98 Å². The first-order chi connectivity index (χ1) is 10.1. The summed E-state index contributed by atoms with van der Waals surface area (Å²) in [5, 5.41) is 12.0. The average molecular weight is 300 g/mol. The maximum atomic E-state index is 12.2. The predicted octanol–water partition coefficient (Wildman–Crippen LogP) is 2.75. The normalized spacial score (nSPS) is 9.86. The maximum Gasteiger partial charge on any atom is 0.257 e. The SMILES string of the molecule is Cc1ccc(C(=O)Nc2ncc(C#CCCO)s2)c(C)c1. The first kappa shape index (κ1) is 15.2. The van der Waals surface area contributed by atoms with Crippen molar-refractivity contribution in [3.63, 3.8) is 0 Å². The van der Waals surface area contributed by atoms with Gasteiger partial charge in [-0.3, -0.25) is 10.1 Å². The Kier molecular flexibility index (Phi) is 5.09. The van der Waals surface area contributed by atoms with Gasteiger partial charge in [-0.25, -0.2) is 4.98 Å². The van der Waals surface area contributed by atoms with E-state index in [1.54, 1.807) is 6.20 Å². The van der Waals surface area contributed by atoms with Crippen molar-refractivity contribution in [2.45, 2.75) is 20.3 Å². The van der Waals surface area contributed by atoms with Gasteiger partial charge < -0.3 is 5.11 Å². The van der Waals surface area contributed by atoms with Gasteiger partial charge in [-0.1, -0.05) is 40.9 Å². The first-order valence-electron chi connectivity index (χ1n) is 6.54. The lowest BCUT2D eigenvalue weighted by atomic mass is 10.1. The summed E-state index contributed by atoms with van der Waals surface area (Å²) in [5.41, 5.74) is 2.70. The molecule has 0 aliphatic carbocycles. The van der Waals surface area contributed by atoms with Crippen LogP contribution >= 0.6 is 11.3 Å². The number of carbonyl (C=O) groups is 1. The van der Waals surface area contributed by atoms with E-state index in [0.29, 0.717) is 17.1 Å². The second kappa shape index (κ2) is 7.02. The van der Waals surface area contributed by atoms with Gasteiger partial charge in [-0.2, -0.15) is 0 Å². The van der Waals surface area contributed by atoms with E-state index in [9.17, 15) is 4.79 Å². The van der Waals surface area contributed by atoms with E-state index in [0.717, 1.165) is 16.0 Å². The highest BCUT2D eigenvalue weighted by atomic mass is 32.1. The van der Waals surface area contributed by atoms with Crippen molar-refractivity contribution in [2.75, 3.05) is 11.9 Å². The van der Waals surface area contributed by atoms with Gasteiger partial charge in [-0.15, -0.1) is 0 Å².